The van der Waals surface area contributed by atoms with Crippen LogP contribution in [0.25, 0.3) is 0 Å². The van der Waals surface area contributed by atoms with Crippen molar-refractivity contribution in [3.8, 4) is 0 Å². The number of hydrogen-bond acceptors (Lipinski definition) is 4. The van der Waals surface area contributed by atoms with Crippen molar-refractivity contribution in [1.29, 1.82) is 0 Å². The Morgan fingerprint density at radius 1 is 1.24 bits per heavy atom. The Bertz CT molecular complexity index is 614. The molecule has 0 aromatic heterocycles. The van der Waals surface area contributed by atoms with E-state index in [-0.39, 0.29) is 17.0 Å². The highest BCUT2D eigenvalue weighted by atomic mass is 32.2. The lowest BCUT2D eigenvalue weighted by atomic mass is 10.0. The summed E-state index contributed by atoms with van der Waals surface area (Å²) in [5.41, 5.74) is 0.598. The summed E-state index contributed by atoms with van der Waals surface area (Å²) in [7, 11) is -3.57. The average molecular weight is 311 g/mol. The van der Waals surface area contributed by atoms with Gasteiger partial charge in [0.05, 0.1) is 17.1 Å². The highest BCUT2D eigenvalue weighted by molar-refractivity contribution is 7.89. The molecule has 1 aromatic carbocycles. The third kappa shape index (κ3) is 2.61. The van der Waals surface area contributed by atoms with Gasteiger partial charge in [0.2, 0.25) is 10.0 Å². The summed E-state index contributed by atoms with van der Waals surface area (Å²) in [6, 6.07) is 6.31. The normalized spacial score (nSPS) is 31.3. The molecule has 0 radical (unpaired) electrons. The topological polar surface area (TPSA) is 77.8 Å². The number of aliphatic hydroxyl groups is 2. The lowest BCUT2D eigenvalue weighted by Crippen LogP contribution is -2.47. The quantitative estimate of drug-likeness (QED) is 0.885. The molecule has 0 amide bonds. The van der Waals surface area contributed by atoms with E-state index in [1.54, 1.807) is 35.5 Å². The van der Waals surface area contributed by atoms with E-state index in [0.717, 1.165) is 12.8 Å². The number of aliphatic hydroxyl groups excluding tert-OH is 2. The van der Waals surface area contributed by atoms with Gasteiger partial charge in [-0.2, -0.15) is 4.31 Å². The molecule has 2 aliphatic rings. The molecule has 0 aliphatic carbocycles. The maximum atomic E-state index is 12.9. The molecule has 3 unspecified atom stereocenters. The second-order valence-electron chi connectivity index (χ2n) is 6.09. The zero-order chi connectivity index (χ0) is 15.2. The van der Waals surface area contributed by atoms with Gasteiger partial charge in [-0.15, -0.1) is 0 Å². The number of benzene rings is 1. The van der Waals surface area contributed by atoms with Crippen LogP contribution >= 0.6 is 0 Å². The molecule has 5 nitrogen and oxygen atoms in total. The van der Waals surface area contributed by atoms with E-state index >= 15 is 0 Å². The van der Waals surface area contributed by atoms with E-state index in [9.17, 15) is 18.6 Å². The number of fused-ring (bicyclic) bond motifs is 2. The first kappa shape index (κ1) is 15.0. The molecule has 0 saturated carbocycles. The first-order valence-corrected chi connectivity index (χ1v) is 8.83. The number of piperidine rings is 1. The van der Waals surface area contributed by atoms with Gasteiger partial charge >= 0.3 is 0 Å². The molecule has 116 valence electrons. The zero-order valence-electron chi connectivity index (χ0n) is 12.0. The van der Waals surface area contributed by atoms with Crippen LogP contribution in [0.3, 0.4) is 0 Å². The van der Waals surface area contributed by atoms with Crippen molar-refractivity contribution in [1.82, 2.24) is 4.31 Å². The molecule has 1 aromatic rings. The Kier molecular flexibility index (Phi) is 3.81. The van der Waals surface area contributed by atoms with E-state index < -0.39 is 22.2 Å². The van der Waals surface area contributed by atoms with Gasteiger partial charge < -0.3 is 10.2 Å². The predicted molar refractivity (Wildman–Crippen MR) is 78.2 cm³/mol. The molecular formula is C15H21NO4S. The van der Waals surface area contributed by atoms with Crippen LogP contribution in [0, 0.1) is 0 Å². The Morgan fingerprint density at radius 3 is 2.43 bits per heavy atom. The van der Waals surface area contributed by atoms with E-state index in [1.807, 2.05) is 0 Å². The summed E-state index contributed by atoms with van der Waals surface area (Å²) in [6.45, 7) is 1.62. The lowest BCUT2D eigenvalue weighted by molar-refractivity contribution is 0.0768. The predicted octanol–water partition coefficient (Wildman–Crippen LogP) is 1.42. The lowest BCUT2D eigenvalue weighted by Gasteiger charge is -2.36. The van der Waals surface area contributed by atoms with E-state index in [4.69, 9.17) is 0 Å². The fourth-order valence-corrected chi connectivity index (χ4v) is 5.50. The smallest absolute Gasteiger partial charge is 0.243 e. The number of sulfonamides is 1. The Labute approximate surface area is 125 Å². The standard InChI is InChI=1S/C15H21NO4S/c1-10(17)11-3-2-4-15(7-11)21(19,20)16-12-5-6-13(16)9-14(18)8-12/h2-4,7,10,12-14,17-18H,5-6,8-9H2,1H3. The maximum Gasteiger partial charge on any atom is 0.243 e. The summed E-state index contributed by atoms with van der Waals surface area (Å²) in [6.07, 6.45) is 1.59. The van der Waals surface area contributed by atoms with Gasteiger partial charge in [-0.05, 0) is 50.3 Å². The highest BCUT2D eigenvalue weighted by Crippen LogP contribution is 2.39. The summed E-state index contributed by atoms with van der Waals surface area (Å²) >= 11 is 0. The fraction of sp³-hybridized carbons (Fsp3) is 0.600. The molecule has 2 fully saturated rings. The van der Waals surface area contributed by atoms with Crippen LogP contribution in [0.2, 0.25) is 0 Å². The van der Waals surface area contributed by atoms with E-state index in [0.29, 0.717) is 18.4 Å². The van der Waals surface area contributed by atoms with Crippen molar-refractivity contribution in [2.45, 2.75) is 61.8 Å². The SMILES string of the molecule is CC(O)c1cccc(S(=O)(=O)N2C3CCC2CC(O)C3)c1. The Balaban J connectivity index is 1.96. The summed E-state index contributed by atoms with van der Waals surface area (Å²) in [5, 5.41) is 19.4. The fourth-order valence-electron chi connectivity index (χ4n) is 3.55. The first-order valence-electron chi connectivity index (χ1n) is 7.39. The summed E-state index contributed by atoms with van der Waals surface area (Å²) < 4.78 is 27.4. The monoisotopic (exact) mass is 311 g/mol. The van der Waals surface area contributed by atoms with Crippen molar-refractivity contribution in [2.75, 3.05) is 0 Å². The van der Waals surface area contributed by atoms with Crippen LogP contribution in [0.15, 0.2) is 29.2 Å². The van der Waals surface area contributed by atoms with E-state index in [1.165, 1.54) is 0 Å². The molecule has 2 N–H and O–H groups in total. The van der Waals surface area contributed by atoms with Crippen LogP contribution in [0.5, 0.6) is 0 Å². The average Bonchev–Trinajstić information content (AvgIpc) is 2.72. The van der Waals surface area contributed by atoms with Gasteiger partial charge in [-0.25, -0.2) is 8.42 Å². The Morgan fingerprint density at radius 2 is 1.86 bits per heavy atom. The molecule has 2 bridgehead atoms. The minimum Gasteiger partial charge on any atom is -0.393 e. The largest absolute Gasteiger partial charge is 0.393 e. The minimum atomic E-state index is -3.57. The molecule has 2 heterocycles. The van der Waals surface area contributed by atoms with Crippen molar-refractivity contribution in [3.63, 3.8) is 0 Å². The van der Waals surface area contributed by atoms with Crippen molar-refractivity contribution in [3.05, 3.63) is 29.8 Å². The second kappa shape index (κ2) is 5.35. The number of nitrogens with zero attached hydrogens (tertiary/aromatic N) is 1. The van der Waals surface area contributed by atoms with Crippen LogP contribution in [0.4, 0.5) is 0 Å². The third-order valence-corrected chi connectivity index (χ3v) is 6.56. The first-order chi connectivity index (χ1) is 9.89. The third-order valence-electron chi connectivity index (χ3n) is 4.56. The molecule has 3 rings (SSSR count). The van der Waals surface area contributed by atoms with Crippen LogP contribution in [0.1, 0.15) is 44.3 Å². The zero-order valence-corrected chi connectivity index (χ0v) is 12.8. The Hall–Kier alpha value is -0.950. The van der Waals surface area contributed by atoms with Crippen molar-refractivity contribution in [2.24, 2.45) is 0 Å². The van der Waals surface area contributed by atoms with Crippen molar-refractivity contribution < 1.29 is 18.6 Å². The number of hydrogen-bond donors (Lipinski definition) is 2. The molecule has 3 atom stereocenters. The molecule has 2 saturated heterocycles. The van der Waals surface area contributed by atoms with Gasteiger partial charge in [-0.3, -0.25) is 0 Å². The van der Waals surface area contributed by atoms with Crippen LogP contribution in [-0.2, 0) is 10.0 Å². The minimum absolute atomic E-state index is 0.0982. The van der Waals surface area contributed by atoms with Crippen LogP contribution in [-0.4, -0.2) is 41.1 Å². The molecule has 2 aliphatic heterocycles. The van der Waals surface area contributed by atoms with Gasteiger partial charge in [0.1, 0.15) is 0 Å². The maximum absolute atomic E-state index is 12.9. The van der Waals surface area contributed by atoms with Gasteiger partial charge in [0.25, 0.3) is 0 Å². The summed E-state index contributed by atoms with van der Waals surface area (Å²) in [5.74, 6) is 0. The van der Waals surface area contributed by atoms with Gasteiger partial charge in [-0.1, -0.05) is 12.1 Å². The molecule has 6 heteroatoms. The van der Waals surface area contributed by atoms with Gasteiger partial charge in [0.15, 0.2) is 0 Å². The molecular weight excluding hydrogens is 290 g/mol. The molecule has 21 heavy (non-hydrogen) atoms. The van der Waals surface area contributed by atoms with Gasteiger partial charge in [0, 0.05) is 12.1 Å². The van der Waals surface area contributed by atoms with E-state index in [2.05, 4.69) is 0 Å². The van der Waals surface area contributed by atoms with Crippen molar-refractivity contribution >= 4 is 10.0 Å². The molecule has 0 spiro atoms. The number of rotatable bonds is 3. The highest BCUT2D eigenvalue weighted by Gasteiger charge is 2.46. The van der Waals surface area contributed by atoms with Crippen LogP contribution < -0.4 is 0 Å². The summed E-state index contributed by atoms with van der Waals surface area (Å²) in [4.78, 5) is 0.231. The second-order valence-corrected chi connectivity index (χ2v) is 7.94.